The van der Waals surface area contributed by atoms with E-state index >= 15 is 0 Å². The van der Waals surface area contributed by atoms with E-state index in [9.17, 15) is 22.0 Å². The van der Waals surface area contributed by atoms with Crippen molar-refractivity contribution in [1.29, 1.82) is 0 Å². The average Bonchev–Trinajstić information content (AvgIpc) is 3.42. The normalized spacial score (nSPS) is 13.4. The lowest BCUT2D eigenvalue weighted by Gasteiger charge is -2.19. The Labute approximate surface area is 182 Å². The molecule has 0 aliphatic carbocycles. The number of H-pyrrole nitrogens is 1. The molecule has 0 spiro atoms. The molecule has 1 aliphatic heterocycles. The number of hydrogen-bond donors (Lipinski definition) is 1. The molecule has 2 aromatic heterocycles. The first-order chi connectivity index (χ1) is 15.8. The van der Waals surface area contributed by atoms with Crippen LogP contribution in [0.3, 0.4) is 0 Å². The van der Waals surface area contributed by atoms with Gasteiger partial charge in [-0.3, -0.25) is 5.01 Å². The third kappa shape index (κ3) is 4.06. The average molecular weight is 460 g/mol. The van der Waals surface area contributed by atoms with Gasteiger partial charge in [0.25, 0.3) is 5.89 Å². The van der Waals surface area contributed by atoms with Crippen molar-refractivity contribution in [3.05, 3.63) is 76.9 Å². The predicted molar refractivity (Wildman–Crippen MR) is 106 cm³/mol. The highest BCUT2D eigenvalue weighted by molar-refractivity contribution is 5.80. The summed E-state index contributed by atoms with van der Waals surface area (Å²) in [6, 6.07) is 8.21. The predicted octanol–water partition coefficient (Wildman–Crippen LogP) is 4.77. The molecule has 0 saturated carbocycles. The van der Waals surface area contributed by atoms with Gasteiger partial charge >= 0.3 is 6.18 Å². The smallest absolute Gasteiger partial charge is 0.337 e. The molecule has 2 aromatic carbocycles. The number of benzene rings is 2. The summed E-state index contributed by atoms with van der Waals surface area (Å²) in [5.74, 6) is -1.46. The van der Waals surface area contributed by atoms with Gasteiger partial charge in [-0.1, -0.05) is 11.2 Å². The van der Waals surface area contributed by atoms with Gasteiger partial charge in [0.2, 0.25) is 0 Å². The van der Waals surface area contributed by atoms with E-state index in [1.807, 2.05) is 0 Å². The number of imidazole rings is 1. The zero-order valence-corrected chi connectivity index (χ0v) is 16.6. The maximum absolute atomic E-state index is 14.1. The fraction of sp³-hybridized carbons (Fsp3) is 0.143. The lowest BCUT2D eigenvalue weighted by molar-refractivity contribution is -0.137. The summed E-state index contributed by atoms with van der Waals surface area (Å²) in [6.45, 7) is 0.375. The van der Waals surface area contributed by atoms with Crippen molar-refractivity contribution < 1.29 is 26.5 Å². The van der Waals surface area contributed by atoms with Crippen molar-refractivity contribution in [2.24, 2.45) is 5.10 Å². The standard InChI is InChI=1S/C21H13F5N6O/c22-14-3-1-2-13(18(14)23)19-28-15-8-27-32(9-16(15)29-19)10-17-30-20(33-31-17)11-4-6-12(7-5-11)21(24,25)26/h1-8H,9-10H2,(H,28,29). The van der Waals surface area contributed by atoms with Crippen LogP contribution in [0.15, 0.2) is 52.1 Å². The Morgan fingerprint density at radius 1 is 1.03 bits per heavy atom. The maximum Gasteiger partial charge on any atom is 0.416 e. The summed E-state index contributed by atoms with van der Waals surface area (Å²) in [6.07, 6.45) is -2.94. The zero-order valence-electron chi connectivity index (χ0n) is 16.6. The van der Waals surface area contributed by atoms with Crippen molar-refractivity contribution in [3.8, 4) is 22.8 Å². The second kappa shape index (κ2) is 7.80. The van der Waals surface area contributed by atoms with Crippen LogP contribution in [-0.2, 0) is 19.3 Å². The van der Waals surface area contributed by atoms with Crippen molar-refractivity contribution >= 4 is 6.21 Å². The number of halogens is 5. The minimum absolute atomic E-state index is 0.00343. The summed E-state index contributed by atoms with van der Waals surface area (Å²) in [5, 5.41) is 9.68. The molecule has 7 nitrogen and oxygen atoms in total. The first-order valence-corrected chi connectivity index (χ1v) is 9.60. The number of aromatic nitrogens is 4. The first kappa shape index (κ1) is 20.8. The SMILES string of the molecule is Fc1cccc(-c2nc3c([nH]2)C=NN(Cc2noc(-c4ccc(C(F)(F)F)cc4)n2)C3)c1F. The number of hydrogen-bond acceptors (Lipinski definition) is 6. The third-order valence-electron chi connectivity index (χ3n) is 4.95. The minimum Gasteiger partial charge on any atom is -0.337 e. The molecule has 0 amide bonds. The van der Waals surface area contributed by atoms with E-state index in [1.165, 1.54) is 30.5 Å². The minimum atomic E-state index is -4.43. The molecule has 0 radical (unpaired) electrons. The van der Waals surface area contributed by atoms with Gasteiger partial charge in [-0.2, -0.15) is 23.3 Å². The van der Waals surface area contributed by atoms with E-state index in [1.54, 1.807) is 5.01 Å². The van der Waals surface area contributed by atoms with E-state index in [2.05, 4.69) is 25.2 Å². The maximum atomic E-state index is 14.1. The van der Waals surface area contributed by atoms with Crippen LogP contribution >= 0.6 is 0 Å². The number of nitrogens with one attached hydrogen (secondary N) is 1. The van der Waals surface area contributed by atoms with Crippen LogP contribution in [0.1, 0.15) is 22.8 Å². The van der Waals surface area contributed by atoms with E-state index in [4.69, 9.17) is 4.52 Å². The molecular formula is C21H13F5N6O. The largest absolute Gasteiger partial charge is 0.416 e. The number of fused-ring (bicyclic) bond motifs is 1. The quantitative estimate of drug-likeness (QED) is 0.444. The van der Waals surface area contributed by atoms with E-state index in [-0.39, 0.29) is 36.2 Å². The van der Waals surface area contributed by atoms with E-state index in [0.717, 1.165) is 18.2 Å². The van der Waals surface area contributed by atoms with Gasteiger partial charge in [-0.25, -0.2) is 13.8 Å². The van der Waals surface area contributed by atoms with Crippen LogP contribution in [0.25, 0.3) is 22.8 Å². The highest BCUT2D eigenvalue weighted by atomic mass is 19.4. The molecule has 4 aromatic rings. The molecule has 0 bridgehead atoms. The molecule has 0 atom stereocenters. The van der Waals surface area contributed by atoms with Crippen molar-refractivity contribution in [1.82, 2.24) is 25.1 Å². The van der Waals surface area contributed by atoms with Gasteiger partial charge in [0.15, 0.2) is 17.5 Å². The second-order valence-electron chi connectivity index (χ2n) is 7.21. The van der Waals surface area contributed by atoms with E-state index in [0.29, 0.717) is 17.0 Å². The Morgan fingerprint density at radius 3 is 2.58 bits per heavy atom. The number of nitrogens with zero attached hydrogens (tertiary/aromatic N) is 5. The molecule has 168 valence electrons. The second-order valence-corrected chi connectivity index (χ2v) is 7.21. The fourth-order valence-corrected chi connectivity index (χ4v) is 3.31. The summed E-state index contributed by atoms with van der Waals surface area (Å²) in [4.78, 5) is 11.5. The van der Waals surface area contributed by atoms with Crippen LogP contribution in [0.2, 0.25) is 0 Å². The van der Waals surface area contributed by atoms with Gasteiger partial charge in [0.1, 0.15) is 5.82 Å². The van der Waals surface area contributed by atoms with Gasteiger partial charge < -0.3 is 9.51 Å². The van der Waals surface area contributed by atoms with Gasteiger partial charge in [-0.05, 0) is 36.4 Å². The molecule has 0 unspecified atom stereocenters. The summed E-state index contributed by atoms with van der Waals surface area (Å²) in [5.41, 5.74) is 0.698. The summed E-state index contributed by atoms with van der Waals surface area (Å²) < 4.78 is 70.9. The van der Waals surface area contributed by atoms with Gasteiger partial charge in [0.05, 0.1) is 41.8 Å². The van der Waals surface area contributed by atoms with Crippen LogP contribution in [-0.4, -0.2) is 31.3 Å². The summed E-state index contributed by atoms with van der Waals surface area (Å²) >= 11 is 0. The molecule has 33 heavy (non-hydrogen) atoms. The summed E-state index contributed by atoms with van der Waals surface area (Å²) in [7, 11) is 0. The number of alkyl halides is 3. The molecule has 0 fully saturated rings. The van der Waals surface area contributed by atoms with Crippen molar-refractivity contribution in [2.45, 2.75) is 19.3 Å². The van der Waals surface area contributed by atoms with Crippen LogP contribution in [0.5, 0.6) is 0 Å². The van der Waals surface area contributed by atoms with Crippen LogP contribution < -0.4 is 0 Å². The van der Waals surface area contributed by atoms with Crippen molar-refractivity contribution in [2.75, 3.05) is 0 Å². The molecule has 0 saturated heterocycles. The van der Waals surface area contributed by atoms with Crippen LogP contribution in [0, 0.1) is 11.6 Å². The van der Waals surface area contributed by atoms with E-state index < -0.39 is 23.4 Å². The van der Waals surface area contributed by atoms with Gasteiger partial charge in [0, 0.05) is 5.56 Å². The number of rotatable bonds is 4. The molecule has 12 heteroatoms. The topological polar surface area (TPSA) is 83.2 Å². The highest BCUT2D eigenvalue weighted by Crippen LogP contribution is 2.31. The lowest BCUT2D eigenvalue weighted by atomic mass is 10.1. The Kier molecular flexibility index (Phi) is 4.91. The monoisotopic (exact) mass is 460 g/mol. The van der Waals surface area contributed by atoms with Crippen molar-refractivity contribution in [3.63, 3.8) is 0 Å². The van der Waals surface area contributed by atoms with Crippen LogP contribution in [0.4, 0.5) is 22.0 Å². The lowest BCUT2D eigenvalue weighted by Crippen LogP contribution is -2.22. The Morgan fingerprint density at radius 2 is 1.82 bits per heavy atom. The highest BCUT2D eigenvalue weighted by Gasteiger charge is 2.30. The zero-order chi connectivity index (χ0) is 23.2. The Bertz CT molecular complexity index is 1340. The molecular weight excluding hydrogens is 447 g/mol. The molecule has 1 N–H and O–H groups in total. The van der Waals surface area contributed by atoms with Gasteiger partial charge in [-0.15, -0.1) is 0 Å². The number of hydrazone groups is 1. The Balaban J connectivity index is 1.30. The number of aromatic amines is 1. The molecule has 3 heterocycles. The molecule has 5 rings (SSSR count). The first-order valence-electron chi connectivity index (χ1n) is 9.60. The Hall–Kier alpha value is -4.09. The fourth-order valence-electron chi connectivity index (χ4n) is 3.31. The molecule has 1 aliphatic rings. The third-order valence-corrected chi connectivity index (χ3v) is 4.95.